The average molecular weight is 322 g/mol. The standard InChI is InChI=1S/C15H16BrNO2/c1-2-19-15-6-4-3-5-13(15)17-10-11-7-8-14(18)12(16)9-11/h3-9,17-18H,2,10H2,1H3. The van der Waals surface area contributed by atoms with Gasteiger partial charge in [-0.25, -0.2) is 0 Å². The summed E-state index contributed by atoms with van der Waals surface area (Å²) in [6.45, 7) is 3.28. The Labute approximate surface area is 121 Å². The topological polar surface area (TPSA) is 41.5 Å². The lowest BCUT2D eigenvalue weighted by Crippen LogP contribution is -2.02. The fourth-order valence-corrected chi connectivity index (χ4v) is 2.18. The van der Waals surface area contributed by atoms with Crippen LogP contribution in [0.15, 0.2) is 46.9 Å². The Bertz CT molecular complexity index is 558. The van der Waals surface area contributed by atoms with Gasteiger partial charge in [-0.1, -0.05) is 18.2 Å². The van der Waals surface area contributed by atoms with Gasteiger partial charge in [0.15, 0.2) is 0 Å². The number of nitrogens with one attached hydrogen (secondary N) is 1. The van der Waals surface area contributed by atoms with Gasteiger partial charge in [0.05, 0.1) is 16.8 Å². The molecule has 100 valence electrons. The van der Waals surface area contributed by atoms with Crippen molar-refractivity contribution in [1.29, 1.82) is 0 Å². The summed E-state index contributed by atoms with van der Waals surface area (Å²) in [5, 5.41) is 12.8. The van der Waals surface area contributed by atoms with Crippen molar-refractivity contribution in [3.63, 3.8) is 0 Å². The first-order valence-electron chi connectivity index (χ1n) is 6.13. The number of aromatic hydroxyl groups is 1. The van der Waals surface area contributed by atoms with Crippen LogP contribution in [0.25, 0.3) is 0 Å². The number of phenols is 1. The van der Waals surface area contributed by atoms with Crippen LogP contribution in [0.3, 0.4) is 0 Å². The van der Waals surface area contributed by atoms with Crippen molar-refractivity contribution in [2.24, 2.45) is 0 Å². The Morgan fingerprint density at radius 1 is 1.21 bits per heavy atom. The molecule has 0 spiro atoms. The molecule has 4 heteroatoms. The average Bonchev–Trinajstić information content (AvgIpc) is 2.42. The molecule has 0 saturated carbocycles. The fourth-order valence-electron chi connectivity index (χ4n) is 1.75. The Hall–Kier alpha value is -1.68. The van der Waals surface area contributed by atoms with E-state index in [-0.39, 0.29) is 5.75 Å². The van der Waals surface area contributed by atoms with Gasteiger partial charge in [0, 0.05) is 6.54 Å². The molecule has 0 aliphatic rings. The van der Waals surface area contributed by atoms with E-state index in [2.05, 4.69) is 21.2 Å². The highest BCUT2D eigenvalue weighted by atomic mass is 79.9. The summed E-state index contributed by atoms with van der Waals surface area (Å²) in [4.78, 5) is 0. The van der Waals surface area contributed by atoms with Crippen LogP contribution in [-0.2, 0) is 6.54 Å². The number of phenolic OH excluding ortho intramolecular Hbond substituents is 1. The van der Waals surface area contributed by atoms with Gasteiger partial charge < -0.3 is 15.2 Å². The molecule has 2 aromatic rings. The third-order valence-electron chi connectivity index (χ3n) is 2.68. The minimum atomic E-state index is 0.249. The molecule has 0 aliphatic heterocycles. The number of anilines is 1. The second-order valence-corrected chi connectivity index (χ2v) is 4.92. The first-order valence-corrected chi connectivity index (χ1v) is 6.93. The molecule has 2 N–H and O–H groups in total. The van der Waals surface area contributed by atoms with E-state index in [9.17, 15) is 5.11 Å². The summed E-state index contributed by atoms with van der Waals surface area (Å²) < 4.78 is 6.26. The number of hydrogen-bond donors (Lipinski definition) is 2. The van der Waals surface area contributed by atoms with E-state index in [1.54, 1.807) is 6.07 Å². The Morgan fingerprint density at radius 3 is 2.74 bits per heavy atom. The number of ether oxygens (including phenoxy) is 1. The molecule has 0 amide bonds. The quantitative estimate of drug-likeness (QED) is 0.868. The predicted octanol–water partition coefficient (Wildman–Crippen LogP) is 4.17. The summed E-state index contributed by atoms with van der Waals surface area (Å²) in [5.74, 6) is 1.10. The summed E-state index contributed by atoms with van der Waals surface area (Å²) in [6.07, 6.45) is 0. The maximum Gasteiger partial charge on any atom is 0.142 e. The van der Waals surface area contributed by atoms with Crippen molar-refractivity contribution >= 4 is 21.6 Å². The molecule has 0 heterocycles. The van der Waals surface area contributed by atoms with Gasteiger partial charge in [-0.05, 0) is 52.7 Å². The van der Waals surface area contributed by atoms with E-state index in [1.807, 2.05) is 43.3 Å². The zero-order chi connectivity index (χ0) is 13.7. The normalized spacial score (nSPS) is 10.2. The molecule has 0 aromatic heterocycles. The summed E-state index contributed by atoms with van der Waals surface area (Å²) in [7, 11) is 0. The predicted molar refractivity (Wildman–Crippen MR) is 80.7 cm³/mol. The van der Waals surface area contributed by atoms with Gasteiger partial charge in [-0.3, -0.25) is 0 Å². The molecule has 2 rings (SSSR count). The highest BCUT2D eigenvalue weighted by molar-refractivity contribution is 9.10. The zero-order valence-corrected chi connectivity index (χ0v) is 12.3. The van der Waals surface area contributed by atoms with Gasteiger partial charge in [0.2, 0.25) is 0 Å². The summed E-state index contributed by atoms with van der Waals surface area (Å²) in [5.41, 5.74) is 2.05. The SMILES string of the molecule is CCOc1ccccc1NCc1ccc(O)c(Br)c1. The van der Waals surface area contributed by atoms with Crippen LogP contribution in [0.2, 0.25) is 0 Å². The van der Waals surface area contributed by atoms with Crippen LogP contribution >= 0.6 is 15.9 Å². The maximum absolute atomic E-state index is 9.46. The fraction of sp³-hybridized carbons (Fsp3) is 0.200. The lowest BCUT2D eigenvalue weighted by molar-refractivity contribution is 0.341. The number of hydrogen-bond acceptors (Lipinski definition) is 3. The number of benzene rings is 2. The minimum Gasteiger partial charge on any atom is -0.507 e. The second-order valence-electron chi connectivity index (χ2n) is 4.07. The lowest BCUT2D eigenvalue weighted by Gasteiger charge is -2.12. The molecule has 0 radical (unpaired) electrons. The minimum absolute atomic E-state index is 0.249. The molecule has 0 unspecified atom stereocenters. The summed E-state index contributed by atoms with van der Waals surface area (Å²) >= 11 is 3.31. The molecule has 0 saturated heterocycles. The van der Waals surface area contributed by atoms with Crippen LogP contribution < -0.4 is 10.1 Å². The monoisotopic (exact) mass is 321 g/mol. The smallest absolute Gasteiger partial charge is 0.142 e. The van der Waals surface area contributed by atoms with Crippen LogP contribution in [0.1, 0.15) is 12.5 Å². The maximum atomic E-state index is 9.46. The highest BCUT2D eigenvalue weighted by Crippen LogP contribution is 2.27. The number of halogens is 1. The summed E-state index contributed by atoms with van der Waals surface area (Å²) in [6, 6.07) is 13.3. The van der Waals surface area contributed by atoms with Crippen LogP contribution in [0.5, 0.6) is 11.5 Å². The molecule has 19 heavy (non-hydrogen) atoms. The molecule has 3 nitrogen and oxygen atoms in total. The van der Waals surface area contributed by atoms with Crippen molar-refractivity contribution in [1.82, 2.24) is 0 Å². The van der Waals surface area contributed by atoms with E-state index >= 15 is 0 Å². The largest absolute Gasteiger partial charge is 0.507 e. The molecule has 0 bridgehead atoms. The van der Waals surface area contributed by atoms with Gasteiger partial charge >= 0.3 is 0 Å². The molecule has 2 aromatic carbocycles. The van der Waals surface area contributed by atoms with Crippen molar-refractivity contribution in [3.05, 3.63) is 52.5 Å². The van der Waals surface area contributed by atoms with Crippen LogP contribution in [0.4, 0.5) is 5.69 Å². The Morgan fingerprint density at radius 2 is 2.00 bits per heavy atom. The second kappa shape index (κ2) is 6.48. The molecule has 0 atom stereocenters. The van der Waals surface area contributed by atoms with Gasteiger partial charge in [0.1, 0.15) is 11.5 Å². The van der Waals surface area contributed by atoms with Crippen molar-refractivity contribution < 1.29 is 9.84 Å². The third-order valence-corrected chi connectivity index (χ3v) is 3.32. The molecular weight excluding hydrogens is 306 g/mol. The molecule has 0 aliphatic carbocycles. The van der Waals surface area contributed by atoms with Gasteiger partial charge in [-0.15, -0.1) is 0 Å². The van der Waals surface area contributed by atoms with E-state index in [1.165, 1.54) is 0 Å². The Kier molecular flexibility index (Phi) is 4.68. The van der Waals surface area contributed by atoms with E-state index in [4.69, 9.17) is 4.74 Å². The molecular formula is C15H16BrNO2. The lowest BCUT2D eigenvalue weighted by atomic mass is 10.2. The van der Waals surface area contributed by atoms with Gasteiger partial charge in [-0.2, -0.15) is 0 Å². The first kappa shape index (κ1) is 13.7. The van der Waals surface area contributed by atoms with Crippen molar-refractivity contribution in [3.8, 4) is 11.5 Å². The number of para-hydroxylation sites is 2. The molecule has 0 fully saturated rings. The zero-order valence-electron chi connectivity index (χ0n) is 10.7. The Balaban J connectivity index is 2.07. The van der Waals surface area contributed by atoms with Crippen LogP contribution in [0, 0.1) is 0 Å². The van der Waals surface area contributed by atoms with Crippen LogP contribution in [-0.4, -0.2) is 11.7 Å². The van der Waals surface area contributed by atoms with Crippen molar-refractivity contribution in [2.75, 3.05) is 11.9 Å². The highest BCUT2D eigenvalue weighted by Gasteiger charge is 2.03. The third kappa shape index (κ3) is 3.64. The van der Waals surface area contributed by atoms with E-state index in [0.717, 1.165) is 17.0 Å². The number of rotatable bonds is 5. The van der Waals surface area contributed by atoms with E-state index in [0.29, 0.717) is 17.6 Å². The van der Waals surface area contributed by atoms with E-state index < -0.39 is 0 Å². The van der Waals surface area contributed by atoms with Gasteiger partial charge in [0.25, 0.3) is 0 Å². The van der Waals surface area contributed by atoms with Crippen molar-refractivity contribution in [2.45, 2.75) is 13.5 Å². The first-order chi connectivity index (χ1) is 9.20.